The van der Waals surface area contributed by atoms with Crippen LogP contribution in [0.15, 0.2) is 60.7 Å². The summed E-state index contributed by atoms with van der Waals surface area (Å²) < 4.78 is 32.4. The number of hydrogen-bond donors (Lipinski definition) is 1. The molecule has 0 bridgehead atoms. The van der Waals surface area contributed by atoms with Crippen molar-refractivity contribution in [3.8, 4) is 0 Å². The molecule has 0 saturated carbocycles. The number of halogens is 3. The monoisotopic (exact) mass is 587 g/mol. The first-order chi connectivity index (χ1) is 18.0. The van der Waals surface area contributed by atoms with E-state index in [4.69, 9.17) is 68.6 Å². The average Bonchev–Trinajstić information content (AvgIpc) is 2.86. The zero-order valence-electron chi connectivity index (χ0n) is 20.7. The standard InChI is InChI=1S/C26H28Cl3NO8/c1-16(31)35-21-20(15-33-13-18-9-5-3-6-10-18)37-24(38-25(30)26(27,28)29)23(22(21)36-17(2)32)34-14-19-11-7-4-8-12-19/h3-12,20-24,30H,13-15H2,1-2H3/t20-,21-,22+,23-,24?/m1/s1. The SMILES string of the molecule is CC(=O)O[C@H]1[C@H](OC(C)=O)[C@@H](OCc2ccccc2)C(OC(=N)C(Cl)(Cl)Cl)O[C@@H]1COCc1ccccc1. The predicted octanol–water partition coefficient (Wildman–Crippen LogP) is 4.74. The lowest BCUT2D eigenvalue weighted by molar-refractivity contribution is -0.300. The Balaban J connectivity index is 1.90. The van der Waals surface area contributed by atoms with Crippen molar-refractivity contribution in [2.45, 2.75) is 61.6 Å². The lowest BCUT2D eigenvalue weighted by atomic mass is 9.98. The summed E-state index contributed by atoms with van der Waals surface area (Å²) in [6.07, 6.45) is -5.89. The van der Waals surface area contributed by atoms with Gasteiger partial charge in [-0.25, -0.2) is 0 Å². The molecule has 5 atom stereocenters. The summed E-state index contributed by atoms with van der Waals surface area (Å²) in [4.78, 5) is 24.2. The highest BCUT2D eigenvalue weighted by molar-refractivity contribution is 6.76. The molecule has 1 aliphatic rings. The number of rotatable bonds is 10. The lowest BCUT2D eigenvalue weighted by Gasteiger charge is -2.44. The molecule has 12 heteroatoms. The smallest absolute Gasteiger partial charge is 0.303 e. The molecule has 0 aromatic heterocycles. The summed E-state index contributed by atoms with van der Waals surface area (Å²) >= 11 is 17.5. The fraction of sp³-hybridized carbons (Fsp3) is 0.423. The van der Waals surface area contributed by atoms with Gasteiger partial charge in [0.25, 0.3) is 3.79 Å². The van der Waals surface area contributed by atoms with E-state index >= 15 is 0 Å². The molecule has 1 unspecified atom stereocenters. The van der Waals surface area contributed by atoms with Gasteiger partial charge in [0, 0.05) is 13.8 Å². The molecule has 9 nitrogen and oxygen atoms in total. The second-order valence-electron chi connectivity index (χ2n) is 8.40. The number of carbonyl (C=O) groups is 2. The predicted molar refractivity (Wildman–Crippen MR) is 140 cm³/mol. The Morgan fingerprint density at radius 3 is 1.87 bits per heavy atom. The molecule has 0 aliphatic carbocycles. The maximum atomic E-state index is 12.1. The Morgan fingerprint density at radius 1 is 0.816 bits per heavy atom. The fourth-order valence-electron chi connectivity index (χ4n) is 3.76. The van der Waals surface area contributed by atoms with E-state index in [-0.39, 0.29) is 19.8 Å². The van der Waals surface area contributed by atoms with E-state index in [1.807, 2.05) is 60.7 Å². The number of hydrogen-bond acceptors (Lipinski definition) is 9. The Kier molecular flexibility index (Phi) is 11.2. The minimum absolute atomic E-state index is 0.0511. The Hall–Kier alpha value is -2.40. The van der Waals surface area contributed by atoms with Crippen LogP contribution in [0.2, 0.25) is 0 Å². The molecular weight excluding hydrogens is 561 g/mol. The number of nitrogens with one attached hydrogen (secondary N) is 1. The van der Waals surface area contributed by atoms with Gasteiger partial charge in [0.15, 0.2) is 18.3 Å². The van der Waals surface area contributed by atoms with Crippen molar-refractivity contribution in [3.05, 3.63) is 71.8 Å². The third-order valence-corrected chi connectivity index (χ3v) is 5.88. The highest BCUT2D eigenvalue weighted by Gasteiger charge is 2.53. The van der Waals surface area contributed by atoms with E-state index in [1.54, 1.807) is 0 Å². The molecule has 0 radical (unpaired) electrons. The largest absolute Gasteiger partial charge is 0.456 e. The minimum atomic E-state index is -2.20. The molecule has 0 amide bonds. The van der Waals surface area contributed by atoms with Gasteiger partial charge in [-0.05, 0) is 11.1 Å². The highest BCUT2D eigenvalue weighted by Crippen LogP contribution is 2.34. The first-order valence-electron chi connectivity index (χ1n) is 11.6. The molecule has 1 saturated heterocycles. The van der Waals surface area contributed by atoms with E-state index < -0.39 is 52.3 Å². The lowest BCUT2D eigenvalue weighted by Crippen LogP contribution is -2.63. The van der Waals surface area contributed by atoms with Crippen molar-refractivity contribution in [2.24, 2.45) is 0 Å². The van der Waals surface area contributed by atoms with Crippen LogP contribution >= 0.6 is 34.8 Å². The minimum Gasteiger partial charge on any atom is -0.456 e. The maximum Gasteiger partial charge on any atom is 0.303 e. The Labute approximate surface area is 235 Å². The normalized spacial score (nSPS) is 23.3. The van der Waals surface area contributed by atoms with Gasteiger partial charge in [-0.1, -0.05) is 95.5 Å². The summed E-state index contributed by atoms with van der Waals surface area (Å²) in [6, 6.07) is 18.5. The van der Waals surface area contributed by atoms with Gasteiger partial charge >= 0.3 is 11.9 Å². The van der Waals surface area contributed by atoms with Crippen LogP contribution in [0.5, 0.6) is 0 Å². The van der Waals surface area contributed by atoms with Crippen LogP contribution in [-0.2, 0) is 51.2 Å². The van der Waals surface area contributed by atoms with Crippen molar-refractivity contribution in [1.29, 1.82) is 5.41 Å². The molecule has 0 spiro atoms. The van der Waals surface area contributed by atoms with E-state index in [0.717, 1.165) is 11.1 Å². The number of alkyl halides is 3. The van der Waals surface area contributed by atoms with Crippen LogP contribution in [0.4, 0.5) is 0 Å². The maximum absolute atomic E-state index is 12.1. The first-order valence-corrected chi connectivity index (χ1v) is 12.8. The third kappa shape index (κ3) is 9.11. The zero-order chi connectivity index (χ0) is 27.7. The van der Waals surface area contributed by atoms with Crippen LogP contribution in [0.25, 0.3) is 0 Å². The molecule has 1 aliphatic heterocycles. The van der Waals surface area contributed by atoms with Crippen LogP contribution in [-0.4, -0.2) is 58.9 Å². The number of esters is 2. The van der Waals surface area contributed by atoms with Crippen LogP contribution in [0, 0.1) is 5.41 Å². The van der Waals surface area contributed by atoms with Crippen molar-refractivity contribution >= 4 is 52.6 Å². The molecule has 206 valence electrons. The fourth-order valence-corrected chi connectivity index (χ4v) is 3.89. The number of ether oxygens (including phenoxy) is 6. The topological polar surface area (TPSA) is 113 Å². The Morgan fingerprint density at radius 2 is 1.34 bits per heavy atom. The summed E-state index contributed by atoms with van der Waals surface area (Å²) in [6.45, 7) is 2.62. The molecule has 2 aromatic rings. The van der Waals surface area contributed by atoms with Crippen molar-refractivity contribution in [3.63, 3.8) is 0 Å². The van der Waals surface area contributed by atoms with Crippen LogP contribution in [0.3, 0.4) is 0 Å². The second-order valence-corrected chi connectivity index (χ2v) is 10.7. The van der Waals surface area contributed by atoms with E-state index in [0.29, 0.717) is 0 Å². The van der Waals surface area contributed by atoms with E-state index in [1.165, 1.54) is 13.8 Å². The van der Waals surface area contributed by atoms with Gasteiger partial charge in [-0.2, -0.15) is 0 Å². The zero-order valence-corrected chi connectivity index (χ0v) is 22.9. The van der Waals surface area contributed by atoms with Gasteiger partial charge in [-0.15, -0.1) is 0 Å². The van der Waals surface area contributed by atoms with Gasteiger partial charge in [0.05, 0.1) is 19.8 Å². The number of carbonyl (C=O) groups excluding carboxylic acids is 2. The first kappa shape index (κ1) is 30.1. The van der Waals surface area contributed by atoms with Crippen LogP contribution < -0.4 is 0 Å². The molecule has 2 aromatic carbocycles. The highest BCUT2D eigenvalue weighted by atomic mass is 35.6. The molecule has 1 fully saturated rings. The van der Waals surface area contributed by atoms with E-state index in [9.17, 15) is 9.59 Å². The summed E-state index contributed by atoms with van der Waals surface area (Å²) in [5.41, 5.74) is 1.69. The van der Waals surface area contributed by atoms with Crippen molar-refractivity contribution in [2.75, 3.05) is 6.61 Å². The number of benzene rings is 2. The quantitative estimate of drug-likeness (QED) is 0.183. The van der Waals surface area contributed by atoms with Gasteiger partial charge in [-0.3, -0.25) is 15.0 Å². The third-order valence-electron chi connectivity index (χ3n) is 5.37. The van der Waals surface area contributed by atoms with Crippen LogP contribution in [0.1, 0.15) is 25.0 Å². The van der Waals surface area contributed by atoms with Crippen molar-refractivity contribution in [1.82, 2.24) is 0 Å². The summed E-state index contributed by atoms with van der Waals surface area (Å²) in [5.74, 6) is -2.04. The Bertz CT molecular complexity index is 1070. The summed E-state index contributed by atoms with van der Waals surface area (Å²) in [5, 5.41) is 8.07. The van der Waals surface area contributed by atoms with Gasteiger partial charge < -0.3 is 28.4 Å². The average molecular weight is 589 g/mol. The molecule has 1 heterocycles. The van der Waals surface area contributed by atoms with Gasteiger partial charge in [0.2, 0.25) is 12.2 Å². The van der Waals surface area contributed by atoms with Crippen molar-refractivity contribution < 1.29 is 38.0 Å². The molecule has 1 N–H and O–H groups in total. The van der Waals surface area contributed by atoms with E-state index in [2.05, 4.69) is 0 Å². The van der Waals surface area contributed by atoms with Gasteiger partial charge in [0.1, 0.15) is 6.10 Å². The second kappa shape index (κ2) is 14.1. The molecular formula is C26H28Cl3NO8. The molecule has 3 rings (SSSR count). The molecule has 38 heavy (non-hydrogen) atoms. The summed E-state index contributed by atoms with van der Waals surface area (Å²) in [7, 11) is 0.